The third kappa shape index (κ3) is 2.55. The number of amides is 1. The fraction of sp³-hybridized carbons (Fsp3) is 0.0833. The molecule has 18 heavy (non-hydrogen) atoms. The second-order valence-electron chi connectivity index (χ2n) is 3.62. The van der Waals surface area contributed by atoms with Crippen molar-refractivity contribution in [3.05, 3.63) is 50.3 Å². The molecule has 0 bridgehead atoms. The predicted octanol–water partition coefficient (Wildman–Crippen LogP) is 4.91. The topological polar surface area (TPSA) is 42.2 Å². The second-order valence-corrected chi connectivity index (χ2v) is 5.12. The van der Waals surface area contributed by atoms with Crippen molar-refractivity contribution in [2.75, 3.05) is 5.32 Å². The van der Waals surface area contributed by atoms with E-state index in [0.29, 0.717) is 26.0 Å². The number of hydrogen-bond acceptors (Lipinski definition) is 2. The number of halogens is 3. The van der Waals surface area contributed by atoms with Gasteiger partial charge in [-0.25, -0.2) is 0 Å². The second kappa shape index (κ2) is 5.34. The molecule has 0 fully saturated rings. The third-order valence-corrected chi connectivity index (χ3v) is 3.80. The van der Waals surface area contributed by atoms with Gasteiger partial charge in [-0.05, 0) is 40.5 Å². The lowest BCUT2D eigenvalue weighted by atomic mass is 10.2. The Balaban J connectivity index is 2.33. The Kier molecular flexibility index (Phi) is 4.00. The average molecular weight is 349 g/mol. The van der Waals surface area contributed by atoms with Gasteiger partial charge in [-0.1, -0.05) is 29.3 Å². The van der Waals surface area contributed by atoms with Gasteiger partial charge in [-0.3, -0.25) is 4.79 Å². The summed E-state index contributed by atoms with van der Waals surface area (Å²) in [4.78, 5) is 12.0. The minimum absolute atomic E-state index is 0.343. The Morgan fingerprint density at radius 1 is 1.33 bits per heavy atom. The van der Waals surface area contributed by atoms with Gasteiger partial charge in [0.05, 0.1) is 27.6 Å². The first kappa shape index (κ1) is 13.5. The van der Waals surface area contributed by atoms with E-state index >= 15 is 0 Å². The van der Waals surface area contributed by atoms with Crippen LogP contribution in [0.4, 0.5) is 5.69 Å². The van der Waals surface area contributed by atoms with Crippen LogP contribution in [-0.2, 0) is 0 Å². The number of carbonyl (C=O) groups excluding carboxylic acids is 1. The number of furan rings is 1. The largest absolute Gasteiger partial charge is 0.457 e. The zero-order valence-electron chi connectivity index (χ0n) is 9.26. The summed E-state index contributed by atoms with van der Waals surface area (Å²) in [6.07, 6.45) is 1.42. The predicted molar refractivity (Wildman–Crippen MR) is 75.6 cm³/mol. The molecule has 0 unspecified atom stereocenters. The molecule has 0 radical (unpaired) electrons. The Bertz CT molecular complexity index is 610. The van der Waals surface area contributed by atoms with Crippen molar-refractivity contribution in [2.24, 2.45) is 0 Å². The zero-order chi connectivity index (χ0) is 13.3. The summed E-state index contributed by atoms with van der Waals surface area (Å²) in [5.41, 5.74) is 1.61. The number of aryl methyl sites for hydroxylation is 1. The fourth-order valence-electron chi connectivity index (χ4n) is 1.41. The number of anilines is 1. The van der Waals surface area contributed by atoms with Crippen molar-refractivity contribution in [1.82, 2.24) is 0 Å². The van der Waals surface area contributed by atoms with Gasteiger partial charge in [0.25, 0.3) is 5.91 Å². The number of carbonyl (C=O) groups is 1. The lowest BCUT2D eigenvalue weighted by Gasteiger charge is -2.10. The molecular formula is C12H8BrCl2NO2. The maximum atomic E-state index is 12.0. The van der Waals surface area contributed by atoms with Crippen LogP contribution in [-0.4, -0.2) is 5.91 Å². The molecule has 1 heterocycles. The molecule has 1 aromatic carbocycles. The Morgan fingerprint density at radius 3 is 2.67 bits per heavy atom. The number of rotatable bonds is 2. The fourth-order valence-corrected chi connectivity index (χ4v) is 2.29. The van der Waals surface area contributed by atoms with Gasteiger partial charge in [0.15, 0.2) is 4.67 Å². The first-order chi connectivity index (χ1) is 8.50. The number of hydrogen-bond donors (Lipinski definition) is 1. The molecule has 0 atom stereocenters. The van der Waals surface area contributed by atoms with Crippen LogP contribution in [0, 0.1) is 6.92 Å². The van der Waals surface area contributed by atoms with Crippen molar-refractivity contribution < 1.29 is 9.21 Å². The van der Waals surface area contributed by atoms with E-state index < -0.39 is 0 Å². The first-order valence-electron chi connectivity index (χ1n) is 4.99. The van der Waals surface area contributed by atoms with Crippen molar-refractivity contribution in [2.45, 2.75) is 6.92 Å². The van der Waals surface area contributed by atoms with E-state index in [2.05, 4.69) is 21.2 Å². The van der Waals surface area contributed by atoms with Crippen molar-refractivity contribution in [1.29, 1.82) is 0 Å². The summed E-state index contributed by atoms with van der Waals surface area (Å²) >= 11 is 15.3. The molecule has 0 aliphatic carbocycles. The molecule has 0 aliphatic heterocycles. The van der Waals surface area contributed by atoms with E-state index in [9.17, 15) is 4.79 Å². The third-order valence-electron chi connectivity index (χ3n) is 2.39. The number of benzene rings is 1. The van der Waals surface area contributed by atoms with E-state index in [4.69, 9.17) is 27.6 Å². The number of nitrogens with one attached hydrogen (secondary N) is 1. The Labute approximate surface area is 122 Å². The Hall–Kier alpha value is -0.970. The summed E-state index contributed by atoms with van der Waals surface area (Å²) in [6.45, 7) is 1.84. The standard InChI is InChI=1S/C12H8BrCl2NO2/c1-6-2-3-8(14)10(9(6)15)16-12(17)7-4-5-18-11(7)13/h2-5H,1H3,(H,16,17). The summed E-state index contributed by atoms with van der Waals surface area (Å²) < 4.78 is 5.36. The highest BCUT2D eigenvalue weighted by Gasteiger charge is 2.16. The minimum Gasteiger partial charge on any atom is -0.457 e. The van der Waals surface area contributed by atoms with Crippen LogP contribution in [0.2, 0.25) is 10.0 Å². The maximum Gasteiger partial charge on any atom is 0.260 e. The zero-order valence-corrected chi connectivity index (χ0v) is 12.4. The van der Waals surface area contributed by atoms with Gasteiger partial charge < -0.3 is 9.73 Å². The van der Waals surface area contributed by atoms with E-state index in [-0.39, 0.29) is 5.91 Å². The van der Waals surface area contributed by atoms with Crippen molar-refractivity contribution >= 4 is 50.7 Å². The molecule has 0 spiro atoms. The van der Waals surface area contributed by atoms with Crippen LogP contribution >= 0.6 is 39.1 Å². The smallest absolute Gasteiger partial charge is 0.260 e. The molecule has 3 nitrogen and oxygen atoms in total. The molecule has 6 heteroatoms. The van der Waals surface area contributed by atoms with Crippen LogP contribution < -0.4 is 5.32 Å². The quantitative estimate of drug-likeness (QED) is 0.837. The van der Waals surface area contributed by atoms with Crippen LogP contribution in [0.25, 0.3) is 0 Å². The monoisotopic (exact) mass is 347 g/mol. The molecule has 94 valence electrons. The van der Waals surface area contributed by atoms with Gasteiger partial charge in [-0.15, -0.1) is 0 Å². The van der Waals surface area contributed by atoms with Crippen LogP contribution in [0.5, 0.6) is 0 Å². The minimum atomic E-state index is -0.343. The van der Waals surface area contributed by atoms with Gasteiger partial charge >= 0.3 is 0 Å². The van der Waals surface area contributed by atoms with Gasteiger partial charge in [0, 0.05) is 0 Å². The normalized spacial score (nSPS) is 10.4. The molecule has 0 aliphatic rings. The molecule has 0 saturated heterocycles. The van der Waals surface area contributed by atoms with E-state index in [1.165, 1.54) is 6.26 Å². The lowest BCUT2D eigenvalue weighted by Crippen LogP contribution is -2.12. The molecule has 2 rings (SSSR count). The van der Waals surface area contributed by atoms with E-state index in [0.717, 1.165) is 5.56 Å². The molecule has 1 N–H and O–H groups in total. The first-order valence-corrected chi connectivity index (χ1v) is 6.54. The van der Waals surface area contributed by atoms with Gasteiger partial charge in [-0.2, -0.15) is 0 Å². The molecule has 0 saturated carbocycles. The van der Waals surface area contributed by atoms with Gasteiger partial charge in [0.1, 0.15) is 0 Å². The molecule has 1 amide bonds. The van der Waals surface area contributed by atoms with E-state index in [1.54, 1.807) is 18.2 Å². The summed E-state index contributed by atoms with van der Waals surface area (Å²) in [5.74, 6) is -0.343. The van der Waals surface area contributed by atoms with Gasteiger partial charge in [0.2, 0.25) is 0 Å². The van der Waals surface area contributed by atoms with Crippen LogP contribution in [0.15, 0.2) is 33.5 Å². The summed E-state index contributed by atoms with van der Waals surface area (Å²) in [6, 6.07) is 5.02. The van der Waals surface area contributed by atoms with Crippen molar-refractivity contribution in [3.63, 3.8) is 0 Å². The van der Waals surface area contributed by atoms with Crippen molar-refractivity contribution in [3.8, 4) is 0 Å². The maximum absolute atomic E-state index is 12.0. The van der Waals surface area contributed by atoms with E-state index in [1.807, 2.05) is 6.92 Å². The average Bonchev–Trinajstić information content (AvgIpc) is 2.76. The summed E-state index contributed by atoms with van der Waals surface area (Å²) in [5, 5.41) is 3.48. The molecule has 1 aromatic heterocycles. The highest BCUT2D eigenvalue weighted by Crippen LogP contribution is 2.33. The molecular weight excluding hydrogens is 341 g/mol. The highest BCUT2D eigenvalue weighted by molar-refractivity contribution is 9.10. The Morgan fingerprint density at radius 2 is 2.06 bits per heavy atom. The van der Waals surface area contributed by atoms with Crippen LogP contribution in [0.3, 0.4) is 0 Å². The van der Waals surface area contributed by atoms with Crippen LogP contribution in [0.1, 0.15) is 15.9 Å². The summed E-state index contributed by atoms with van der Waals surface area (Å²) in [7, 11) is 0. The SMILES string of the molecule is Cc1ccc(Cl)c(NC(=O)c2ccoc2Br)c1Cl. The lowest BCUT2D eigenvalue weighted by molar-refractivity contribution is 0.102. The molecule has 2 aromatic rings. The highest BCUT2D eigenvalue weighted by atomic mass is 79.9.